The molecule has 32 heavy (non-hydrogen) atoms. The molecular weight excluding hydrogens is 420 g/mol. The molecule has 3 aromatic rings. The number of anilines is 1. The SMILES string of the molecule is CN(C)c1ccc(/C=C/C=C2\SC(=O)N(CCOc3cccc4ccccc34)C2=O)cc1. The molecule has 1 aliphatic heterocycles. The minimum Gasteiger partial charge on any atom is -0.491 e. The van der Waals surface area contributed by atoms with Crippen LogP contribution < -0.4 is 9.64 Å². The number of nitrogens with zero attached hydrogens (tertiary/aromatic N) is 2. The predicted octanol–water partition coefficient (Wildman–Crippen LogP) is 5.58. The number of hydrogen-bond acceptors (Lipinski definition) is 5. The molecule has 0 saturated carbocycles. The Kier molecular flexibility index (Phi) is 6.61. The van der Waals surface area contributed by atoms with E-state index in [-0.39, 0.29) is 24.3 Å². The quantitative estimate of drug-likeness (QED) is 0.446. The van der Waals surface area contributed by atoms with Crippen LogP contribution in [0.3, 0.4) is 0 Å². The van der Waals surface area contributed by atoms with Crippen LogP contribution in [0.5, 0.6) is 5.75 Å². The number of benzene rings is 3. The number of carbonyl (C=O) groups is 2. The van der Waals surface area contributed by atoms with Gasteiger partial charge in [-0.2, -0.15) is 0 Å². The molecule has 0 bridgehead atoms. The fraction of sp³-hybridized carbons (Fsp3) is 0.154. The maximum absolute atomic E-state index is 12.7. The first kappa shape index (κ1) is 21.7. The monoisotopic (exact) mass is 444 g/mol. The van der Waals surface area contributed by atoms with Gasteiger partial charge in [0.05, 0.1) is 11.4 Å². The maximum atomic E-state index is 12.7. The second-order valence-electron chi connectivity index (χ2n) is 7.53. The van der Waals surface area contributed by atoms with Gasteiger partial charge in [0.2, 0.25) is 0 Å². The molecule has 1 fully saturated rings. The predicted molar refractivity (Wildman–Crippen MR) is 132 cm³/mol. The number of amides is 2. The lowest BCUT2D eigenvalue weighted by atomic mass is 10.1. The van der Waals surface area contributed by atoms with Gasteiger partial charge in [-0.3, -0.25) is 14.5 Å². The molecule has 0 spiro atoms. The van der Waals surface area contributed by atoms with Crippen molar-refractivity contribution in [3.8, 4) is 5.75 Å². The lowest BCUT2D eigenvalue weighted by Crippen LogP contribution is -2.32. The fourth-order valence-corrected chi connectivity index (χ4v) is 4.22. The highest BCUT2D eigenvalue weighted by Gasteiger charge is 2.34. The molecule has 162 valence electrons. The summed E-state index contributed by atoms with van der Waals surface area (Å²) < 4.78 is 5.89. The summed E-state index contributed by atoms with van der Waals surface area (Å²) >= 11 is 0.957. The summed E-state index contributed by atoms with van der Waals surface area (Å²) in [4.78, 5) is 28.7. The molecule has 1 heterocycles. The van der Waals surface area contributed by atoms with Gasteiger partial charge in [0.15, 0.2) is 0 Å². The molecule has 0 atom stereocenters. The van der Waals surface area contributed by atoms with Crippen molar-refractivity contribution in [1.29, 1.82) is 0 Å². The Morgan fingerprint density at radius 3 is 2.50 bits per heavy atom. The molecule has 3 aromatic carbocycles. The van der Waals surface area contributed by atoms with E-state index in [9.17, 15) is 9.59 Å². The summed E-state index contributed by atoms with van der Waals surface area (Å²) in [6, 6.07) is 21.9. The van der Waals surface area contributed by atoms with Crippen LogP contribution in [0, 0.1) is 0 Å². The molecule has 1 aliphatic rings. The lowest BCUT2D eigenvalue weighted by molar-refractivity contribution is -0.123. The second-order valence-corrected chi connectivity index (χ2v) is 8.52. The summed E-state index contributed by atoms with van der Waals surface area (Å²) in [5.41, 5.74) is 2.14. The zero-order valence-corrected chi connectivity index (χ0v) is 18.8. The van der Waals surface area contributed by atoms with Gasteiger partial charge in [-0.25, -0.2) is 0 Å². The third-order valence-corrected chi connectivity index (χ3v) is 6.07. The van der Waals surface area contributed by atoms with Gasteiger partial charge in [-0.05, 0) is 47.0 Å². The van der Waals surface area contributed by atoms with Crippen LogP contribution >= 0.6 is 11.8 Å². The van der Waals surface area contributed by atoms with Gasteiger partial charge in [-0.1, -0.05) is 60.7 Å². The summed E-state index contributed by atoms with van der Waals surface area (Å²) in [5.74, 6) is 0.461. The summed E-state index contributed by atoms with van der Waals surface area (Å²) in [6.07, 6.45) is 5.40. The zero-order valence-electron chi connectivity index (χ0n) is 18.0. The second kappa shape index (κ2) is 9.75. The van der Waals surface area contributed by atoms with E-state index in [2.05, 4.69) is 0 Å². The molecule has 2 amide bonds. The van der Waals surface area contributed by atoms with Crippen molar-refractivity contribution in [2.75, 3.05) is 32.1 Å². The molecule has 0 radical (unpaired) electrons. The number of allylic oxidation sites excluding steroid dienone is 2. The van der Waals surface area contributed by atoms with Crippen LogP contribution in [0.4, 0.5) is 10.5 Å². The molecule has 6 heteroatoms. The van der Waals surface area contributed by atoms with Crippen LogP contribution in [0.25, 0.3) is 16.8 Å². The van der Waals surface area contributed by atoms with Gasteiger partial charge in [0.1, 0.15) is 12.4 Å². The minimum atomic E-state index is -0.283. The van der Waals surface area contributed by atoms with Crippen molar-refractivity contribution in [2.24, 2.45) is 0 Å². The highest BCUT2D eigenvalue weighted by atomic mass is 32.2. The van der Waals surface area contributed by atoms with Crippen LogP contribution in [0.1, 0.15) is 5.56 Å². The standard InChI is InChI=1S/C26H24N2O3S/c1-27(2)21-15-13-19(14-16-21)7-5-12-24-25(29)28(26(30)32-24)17-18-31-23-11-6-9-20-8-3-4-10-22(20)23/h3-16H,17-18H2,1-2H3/b7-5+,24-12-. The third kappa shape index (κ3) is 4.86. The van der Waals surface area contributed by atoms with Crippen molar-refractivity contribution >= 4 is 45.4 Å². The van der Waals surface area contributed by atoms with E-state index in [0.717, 1.165) is 39.5 Å². The van der Waals surface area contributed by atoms with Crippen molar-refractivity contribution in [2.45, 2.75) is 0 Å². The highest BCUT2D eigenvalue weighted by molar-refractivity contribution is 8.18. The molecular formula is C26H24N2O3S. The lowest BCUT2D eigenvalue weighted by Gasteiger charge is -2.14. The summed E-state index contributed by atoms with van der Waals surface area (Å²) in [6.45, 7) is 0.453. The van der Waals surface area contributed by atoms with Gasteiger partial charge in [0, 0.05) is 25.2 Å². The van der Waals surface area contributed by atoms with Gasteiger partial charge < -0.3 is 9.64 Å². The van der Waals surface area contributed by atoms with E-state index in [1.165, 1.54) is 4.90 Å². The smallest absolute Gasteiger partial charge is 0.293 e. The molecule has 5 nitrogen and oxygen atoms in total. The number of ether oxygens (including phenoxy) is 1. The van der Waals surface area contributed by atoms with Crippen molar-refractivity contribution < 1.29 is 14.3 Å². The number of hydrogen-bond donors (Lipinski definition) is 0. The van der Waals surface area contributed by atoms with E-state index >= 15 is 0 Å². The first-order valence-corrected chi connectivity index (χ1v) is 11.1. The number of fused-ring (bicyclic) bond motifs is 1. The van der Waals surface area contributed by atoms with E-state index in [0.29, 0.717) is 4.91 Å². The van der Waals surface area contributed by atoms with Crippen LogP contribution in [-0.4, -0.2) is 43.3 Å². The molecule has 0 aliphatic carbocycles. The Morgan fingerprint density at radius 1 is 0.969 bits per heavy atom. The Bertz CT molecular complexity index is 1190. The summed E-state index contributed by atoms with van der Waals surface area (Å²) in [7, 11) is 3.99. The average molecular weight is 445 g/mol. The number of rotatable bonds is 7. The first-order valence-electron chi connectivity index (χ1n) is 10.3. The fourth-order valence-electron chi connectivity index (χ4n) is 3.41. The number of imide groups is 1. The van der Waals surface area contributed by atoms with Crippen molar-refractivity contribution in [3.05, 3.63) is 89.4 Å². The molecule has 0 unspecified atom stereocenters. The van der Waals surface area contributed by atoms with Gasteiger partial charge >= 0.3 is 0 Å². The topological polar surface area (TPSA) is 49.9 Å². The highest BCUT2D eigenvalue weighted by Crippen LogP contribution is 2.31. The van der Waals surface area contributed by atoms with Crippen molar-refractivity contribution in [1.82, 2.24) is 4.90 Å². The van der Waals surface area contributed by atoms with Crippen LogP contribution in [0.15, 0.2) is 83.8 Å². The Labute approximate surface area is 192 Å². The van der Waals surface area contributed by atoms with Crippen molar-refractivity contribution in [3.63, 3.8) is 0 Å². The molecule has 0 aromatic heterocycles. The van der Waals surface area contributed by atoms with E-state index in [4.69, 9.17) is 4.74 Å². The normalized spacial score (nSPS) is 15.3. The Balaban J connectivity index is 1.36. The maximum Gasteiger partial charge on any atom is 0.293 e. The Hall–Kier alpha value is -3.51. The van der Waals surface area contributed by atoms with E-state index in [1.807, 2.05) is 91.8 Å². The van der Waals surface area contributed by atoms with Crippen LogP contribution in [-0.2, 0) is 4.79 Å². The number of carbonyl (C=O) groups excluding carboxylic acids is 2. The number of thioether (sulfide) groups is 1. The van der Waals surface area contributed by atoms with Gasteiger partial charge in [-0.15, -0.1) is 0 Å². The van der Waals surface area contributed by atoms with E-state index in [1.54, 1.807) is 12.2 Å². The molecule has 1 saturated heterocycles. The van der Waals surface area contributed by atoms with Gasteiger partial charge in [0.25, 0.3) is 11.1 Å². The molecule has 4 rings (SSSR count). The Morgan fingerprint density at radius 2 is 1.72 bits per heavy atom. The largest absolute Gasteiger partial charge is 0.491 e. The first-order chi connectivity index (χ1) is 15.5. The minimum absolute atomic E-state index is 0.209. The summed E-state index contributed by atoms with van der Waals surface area (Å²) in [5, 5.41) is 1.82. The van der Waals surface area contributed by atoms with E-state index < -0.39 is 0 Å². The molecule has 0 N–H and O–H groups in total. The average Bonchev–Trinajstić information content (AvgIpc) is 3.07. The zero-order chi connectivity index (χ0) is 22.5. The van der Waals surface area contributed by atoms with Crippen LogP contribution in [0.2, 0.25) is 0 Å². The third-order valence-electron chi connectivity index (χ3n) is 5.14.